The minimum Gasteiger partial charge on any atom is -0.389 e. The highest BCUT2D eigenvalue weighted by Crippen LogP contribution is 2.08. The summed E-state index contributed by atoms with van der Waals surface area (Å²) in [6.07, 6.45) is 0. The van der Waals surface area contributed by atoms with Crippen LogP contribution in [-0.4, -0.2) is 65.6 Å². The van der Waals surface area contributed by atoms with E-state index < -0.39 is 5.60 Å². The lowest BCUT2D eigenvalue weighted by molar-refractivity contribution is -0.116. The van der Waals surface area contributed by atoms with E-state index in [1.54, 1.807) is 0 Å². The third-order valence-electron chi connectivity index (χ3n) is 2.48. The maximum absolute atomic E-state index is 10.8. The zero-order chi connectivity index (χ0) is 11.5. The molecule has 1 heterocycles. The van der Waals surface area contributed by atoms with Gasteiger partial charge in [0.15, 0.2) is 0 Å². The fourth-order valence-electron chi connectivity index (χ4n) is 1.90. The van der Waals surface area contributed by atoms with Gasteiger partial charge in [-0.15, -0.1) is 0 Å². The molecule has 0 saturated carbocycles. The maximum Gasteiger partial charge on any atom is 0.147 e. The molecule has 0 aromatic rings. The summed E-state index contributed by atoms with van der Waals surface area (Å²) < 4.78 is 0. The first kappa shape index (κ1) is 12.6. The molecule has 4 heteroatoms. The topological polar surface area (TPSA) is 43.8 Å². The monoisotopic (exact) mass is 213 g/mol. The molecule has 1 radical (unpaired) electrons. The van der Waals surface area contributed by atoms with E-state index in [0.29, 0.717) is 13.1 Å². The number of carbonyl (C=O) groups is 1. The van der Waals surface area contributed by atoms with Gasteiger partial charge in [0.25, 0.3) is 0 Å². The van der Waals surface area contributed by atoms with Crippen molar-refractivity contribution in [2.45, 2.75) is 19.4 Å². The quantitative estimate of drug-likeness (QED) is 0.701. The van der Waals surface area contributed by atoms with Crippen LogP contribution in [0.2, 0.25) is 0 Å². The number of ketones is 1. The number of hydrogen-bond donors (Lipinski definition) is 1. The van der Waals surface area contributed by atoms with E-state index in [1.807, 2.05) is 13.8 Å². The molecule has 0 amide bonds. The highest BCUT2D eigenvalue weighted by atomic mass is 16.3. The van der Waals surface area contributed by atoms with E-state index in [9.17, 15) is 9.90 Å². The van der Waals surface area contributed by atoms with Crippen LogP contribution in [0.25, 0.3) is 0 Å². The standard InChI is InChI=1S/C11H21N2O2/c1-10(14)8-12-4-6-13(7-5-12)9-11(2,3)15/h15H,1,4-9H2,2-3H3. The fourth-order valence-corrected chi connectivity index (χ4v) is 1.90. The number of hydrogen-bond acceptors (Lipinski definition) is 4. The van der Waals surface area contributed by atoms with Gasteiger partial charge in [0.1, 0.15) is 5.78 Å². The molecule has 0 bridgehead atoms. The van der Waals surface area contributed by atoms with E-state index in [4.69, 9.17) is 0 Å². The van der Waals surface area contributed by atoms with Crippen LogP contribution in [0, 0.1) is 6.92 Å². The van der Waals surface area contributed by atoms with Crippen molar-refractivity contribution in [2.75, 3.05) is 39.3 Å². The minimum atomic E-state index is -0.635. The van der Waals surface area contributed by atoms with Gasteiger partial charge in [0, 0.05) is 39.6 Å². The Morgan fingerprint density at radius 1 is 1.27 bits per heavy atom. The van der Waals surface area contributed by atoms with Gasteiger partial charge in [-0.25, -0.2) is 0 Å². The smallest absolute Gasteiger partial charge is 0.147 e. The largest absolute Gasteiger partial charge is 0.389 e. The minimum absolute atomic E-state index is 0.0223. The number of β-amino-alcohol motifs (C(OH)–C–C–N with tert-alkyl or cyclic N) is 1. The molecule has 1 saturated heterocycles. The van der Waals surface area contributed by atoms with Crippen molar-refractivity contribution < 1.29 is 9.90 Å². The number of piperazine rings is 1. The third-order valence-corrected chi connectivity index (χ3v) is 2.48. The van der Waals surface area contributed by atoms with Crippen molar-refractivity contribution in [3.8, 4) is 0 Å². The highest BCUT2D eigenvalue weighted by molar-refractivity contribution is 5.84. The average Bonchev–Trinajstić information content (AvgIpc) is 2.05. The van der Waals surface area contributed by atoms with Crippen molar-refractivity contribution in [3.05, 3.63) is 6.92 Å². The van der Waals surface area contributed by atoms with Gasteiger partial charge in [0.2, 0.25) is 0 Å². The Morgan fingerprint density at radius 2 is 1.73 bits per heavy atom. The predicted octanol–water partition coefficient (Wildman–Crippen LogP) is -0.222. The van der Waals surface area contributed by atoms with Crippen molar-refractivity contribution >= 4 is 5.78 Å². The van der Waals surface area contributed by atoms with E-state index in [0.717, 1.165) is 26.2 Å². The number of aliphatic hydroxyl groups is 1. The molecule has 1 aliphatic rings. The lowest BCUT2D eigenvalue weighted by atomic mass is 10.1. The van der Waals surface area contributed by atoms with Crippen LogP contribution >= 0.6 is 0 Å². The summed E-state index contributed by atoms with van der Waals surface area (Å²) in [5.41, 5.74) is -0.635. The zero-order valence-corrected chi connectivity index (χ0v) is 9.70. The third kappa shape index (κ3) is 5.25. The number of nitrogens with zero attached hydrogens (tertiary/aromatic N) is 2. The Kier molecular flexibility index (Phi) is 4.25. The summed E-state index contributed by atoms with van der Waals surface area (Å²) in [4.78, 5) is 15.1. The van der Waals surface area contributed by atoms with Gasteiger partial charge in [-0.2, -0.15) is 0 Å². The van der Waals surface area contributed by atoms with Gasteiger partial charge in [0.05, 0.1) is 12.1 Å². The van der Waals surface area contributed by atoms with E-state index in [2.05, 4.69) is 16.7 Å². The molecule has 0 unspecified atom stereocenters. The average molecular weight is 213 g/mol. The van der Waals surface area contributed by atoms with Gasteiger partial charge >= 0.3 is 0 Å². The Balaban J connectivity index is 2.27. The first-order chi connectivity index (χ1) is 6.87. The Bertz CT molecular complexity index is 215. The van der Waals surface area contributed by atoms with Crippen LogP contribution in [0.15, 0.2) is 0 Å². The Labute approximate surface area is 91.9 Å². The summed E-state index contributed by atoms with van der Waals surface area (Å²) in [6, 6.07) is 0. The van der Waals surface area contributed by atoms with Gasteiger partial charge in [-0.3, -0.25) is 14.6 Å². The highest BCUT2D eigenvalue weighted by Gasteiger charge is 2.22. The van der Waals surface area contributed by atoms with Gasteiger partial charge in [-0.1, -0.05) is 0 Å². The molecule has 0 aromatic carbocycles. The van der Waals surface area contributed by atoms with Crippen LogP contribution in [0.4, 0.5) is 0 Å². The zero-order valence-electron chi connectivity index (χ0n) is 9.70. The fraction of sp³-hybridized carbons (Fsp3) is 0.818. The molecule has 0 atom stereocenters. The summed E-state index contributed by atoms with van der Waals surface area (Å²) in [5, 5.41) is 9.66. The van der Waals surface area contributed by atoms with Gasteiger partial charge < -0.3 is 5.11 Å². The first-order valence-corrected chi connectivity index (χ1v) is 5.39. The second-order valence-electron chi connectivity index (χ2n) is 4.90. The normalized spacial score (nSPS) is 20.5. The van der Waals surface area contributed by atoms with Crippen molar-refractivity contribution in [1.82, 2.24) is 9.80 Å². The summed E-state index contributed by atoms with van der Waals surface area (Å²) in [5.74, 6) is -0.0223. The molecular weight excluding hydrogens is 192 g/mol. The van der Waals surface area contributed by atoms with E-state index in [1.165, 1.54) is 0 Å². The first-order valence-electron chi connectivity index (χ1n) is 5.39. The van der Waals surface area contributed by atoms with Gasteiger partial charge in [-0.05, 0) is 13.8 Å². The summed E-state index contributed by atoms with van der Waals surface area (Å²) in [6.45, 7) is 11.8. The number of carbonyl (C=O) groups excluding carboxylic acids is 1. The second-order valence-corrected chi connectivity index (χ2v) is 4.90. The predicted molar refractivity (Wildman–Crippen MR) is 59.5 cm³/mol. The molecule has 4 nitrogen and oxygen atoms in total. The van der Waals surface area contributed by atoms with Crippen LogP contribution in [-0.2, 0) is 4.79 Å². The Hall–Kier alpha value is -0.450. The maximum atomic E-state index is 10.8. The SMILES string of the molecule is [CH2]C(=O)CN1CCN(CC(C)(C)O)CC1. The number of Topliss-reactive ketones (excluding diaryl/α,β-unsaturated/α-hetero) is 1. The molecule has 1 N–H and O–H groups in total. The van der Waals surface area contributed by atoms with Crippen molar-refractivity contribution in [2.24, 2.45) is 0 Å². The van der Waals surface area contributed by atoms with Crippen LogP contribution < -0.4 is 0 Å². The number of rotatable bonds is 4. The second kappa shape index (κ2) is 5.05. The molecule has 15 heavy (non-hydrogen) atoms. The van der Waals surface area contributed by atoms with Crippen molar-refractivity contribution in [1.29, 1.82) is 0 Å². The van der Waals surface area contributed by atoms with E-state index >= 15 is 0 Å². The van der Waals surface area contributed by atoms with Crippen LogP contribution in [0.1, 0.15) is 13.8 Å². The van der Waals surface area contributed by atoms with Crippen LogP contribution in [0.5, 0.6) is 0 Å². The molecule has 87 valence electrons. The molecule has 1 rings (SSSR count). The Morgan fingerprint density at radius 3 is 2.13 bits per heavy atom. The molecule has 0 aromatic heterocycles. The molecule has 0 aliphatic carbocycles. The lowest BCUT2D eigenvalue weighted by Gasteiger charge is -2.36. The summed E-state index contributed by atoms with van der Waals surface area (Å²) >= 11 is 0. The molecule has 1 aliphatic heterocycles. The summed E-state index contributed by atoms with van der Waals surface area (Å²) in [7, 11) is 0. The molecule has 0 spiro atoms. The molecule has 1 fully saturated rings. The molecular formula is C11H21N2O2. The van der Waals surface area contributed by atoms with Crippen molar-refractivity contribution in [3.63, 3.8) is 0 Å². The van der Waals surface area contributed by atoms with Crippen LogP contribution in [0.3, 0.4) is 0 Å². The lowest BCUT2D eigenvalue weighted by Crippen LogP contribution is -2.51. The van der Waals surface area contributed by atoms with E-state index in [-0.39, 0.29) is 5.78 Å².